The second-order valence-corrected chi connectivity index (χ2v) is 7.40. The predicted molar refractivity (Wildman–Crippen MR) is 105 cm³/mol. The highest BCUT2D eigenvalue weighted by atomic mass is 19.4. The van der Waals surface area contributed by atoms with E-state index in [9.17, 15) is 26.7 Å². The standard InChI is InChI=1S/C21H19F5N4O/c1-12-11-30(20(31)28-15-4-6-18(22)19(23)7-15)13(2)10-29(12)16-5-3-14(9-27)17(8-16)21(24,25)26/h3-8,12-13H,10-11H2,1-2H3,(H,28,31)/t12-,13+/m1/s1. The van der Waals surface area contributed by atoms with Crippen molar-refractivity contribution >= 4 is 17.4 Å². The van der Waals surface area contributed by atoms with Crippen LogP contribution in [0.15, 0.2) is 36.4 Å². The summed E-state index contributed by atoms with van der Waals surface area (Å²) >= 11 is 0. The molecule has 1 heterocycles. The first-order valence-corrected chi connectivity index (χ1v) is 9.42. The molecule has 2 aromatic rings. The molecule has 3 rings (SSSR count). The van der Waals surface area contributed by atoms with Gasteiger partial charge in [0.1, 0.15) is 0 Å². The molecule has 1 aliphatic rings. The largest absolute Gasteiger partial charge is 0.417 e. The van der Waals surface area contributed by atoms with Crippen molar-refractivity contribution in [3.05, 3.63) is 59.2 Å². The third kappa shape index (κ3) is 4.71. The highest BCUT2D eigenvalue weighted by molar-refractivity contribution is 5.89. The summed E-state index contributed by atoms with van der Waals surface area (Å²) in [4.78, 5) is 15.8. The molecule has 1 fully saturated rings. The van der Waals surface area contributed by atoms with E-state index in [1.54, 1.807) is 24.8 Å². The fourth-order valence-electron chi connectivity index (χ4n) is 3.58. The van der Waals surface area contributed by atoms with Crippen molar-refractivity contribution in [2.45, 2.75) is 32.1 Å². The zero-order valence-corrected chi connectivity index (χ0v) is 16.7. The van der Waals surface area contributed by atoms with Crippen LogP contribution in [0.25, 0.3) is 0 Å². The van der Waals surface area contributed by atoms with Gasteiger partial charge in [0, 0.05) is 42.6 Å². The van der Waals surface area contributed by atoms with Gasteiger partial charge in [-0.25, -0.2) is 13.6 Å². The number of carbonyl (C=O) groups is 1. The van der Waals surface area contributed by atoms with Crippen molar-refractivity contribution in [3.8, 4) is 6.07 Å². The number of urea groups is 1. The number of nitrogens with zero attached hydrogens (tertiary/aromatic N) is 3. The molecule has 5 nitrogen and oxygen atoms in total. The number of carbonyl (C=O) groups excluding carboxylic acids is 1. The maximum atomic E-state index is 13.4. The van der Waals surface area contributed by atoms with Crippen LogP contribution in [0.2, 0.25) is 0 Å². The summed E-state index contributed by atoms with van der Waals surface area (Å²) in [6.07, 6.45) is -4.66. The first-order chi connectivity index (χ1) is 14.5. The van der Waals surface area contributed by atoms with Gasteiger partial charge in [-0.05, 0) is 44.2 Å². The molecule has 0 radical (unpaired) electrons. The Morgan fingerprint density at radius 1 is 1.06 bits per heavy atom. The molecule has 0 unspecified atom stereocenters. The molecule has 0 aliphatic carbocycles. The normalized spacial score (nSPS) is 19.2. The maximum Gasteiger partial charge on any atom is 0.417 e. The number of hydrogen-bond donors (Lipinski definition) is 1. The molecule has 0 saturated carbocycles. The molecule has 164 valence electrons. The smallest absolute Gasteiger partial charge is 0.365 e. The van der Waals surface area contributed by atoms with Gasteiger partial charge in [-0.15, -0.1) is 0 Å². The molecular formula is C21H19F5N4O. The Kier molecular flexibility index (Phi) is 6.06. The lowest BCUT2D eigenvalue weighted by Crippen LogP contribution is -2.59. The summed E-state index contributed by atoms with van der Waals surface area (Å²) in [5, 5.41) is 11.5. The number of piperazine rings is 1. The van der Waals surface area contributed by atoms with Crippen LogP contribution in [0.4, 0.5) is 38.1 Å². The van der Waals surface area contributed by atoms with Crippen molar-refractivity contribution in [2.24, 2.45) is 0 Å². The van der Waals surface area contributed by atoms with E-state index in [4.69, 9.17) is 5.26 Å². The highest BCUT2D eigenvalue weighted by Crippen LogP contribution is 2.35. The van der Waals surface area contributed by atoms with Crippen LogP contribution in [-0.4, -0.2) is 36.1 Å². The zero-order valence-electron chi connectivity index (χ0n) is 16.7. The summed E-state index contributed by atoms with van der Waals surface area (Å²) in [6, 6.07) is 6.85. The number of amides is 2. The van der Waals surface area contributed by atoms with E-state index in [1.807, 2.05) is 0 Å². The van der Waals surface area contributed by atoms with Crippen LogP contribution in [0.1, 0.15) is 25.0 Å². The lowest BCUT2D eigenvalue weighted by Gasteiger charge is -2.45. The quantitative estimate of drug-likeness (QED) is 0.673. The lowest BCUT2D eigenvalue weighted by atomic mass is 10.0. The van der Waals surface area contributed by atoms with Crippen LogP contribution in [0.3, 0.4) is 0 Å². The van der Waals surface area contributed by atoms with Gasteiger partial charge < -0.3 is 15.1 Å². The van der Waals surface area contributed by atoms with Crippen molar-refractivity contribution in [3.63, 3.8) is 0 Å². The second kappa shape index (κ2) is 8.41. The Balaban J connectivity index is 1.77. The molecule has 2 aromatic carbocycles. The van der Waals surface area contributed by atoms with Crippen LogP contribution in [0, 0.1) is 23.0 Å². The van der Waals surface area contributed by atoms with Gasteiger partial charge in [-0.3, -0.25) is 0 Å². The average molecular weight is 438 g/mol. The molecule has 31 heavy (non-hydrogen) atoms. The summed E-state index contributed by atoms with van der Waals surface area (Å²) in [7, 11) is 0. The van der Waals surface area contributed by atoms with Gasteiger partial charge in [-0.2, -0.15) is 18.4 Å². The summed E-state index contributed by atoms with van der Waals surface area (Å²) in [6.45, 7) is 3.93. The number of benzene rings is 2. The molecule has 2 amide bonds. The molecule has 0 aromatic heterocycles. The summed E-state index contributed by atoms with van der Waals surface area (Å²) in [5.41, 5.74) is -1.08. The maximum absolute atomic E-state index is 13.4. The van der Waals surface area contributed by atoms with Crippen molar-refractivity contribution in [1.29, 1.82) is 5.26 Å². The number of anilines is 2. The Morgan fingerprint density at radius 2 is 1.77 bits per heavy atom. The molecule has 1 saturated heterocycles. The van der Waals surface area contributed by atoms with Crippen molar-refractivity contribution in [2.75, 3.05) is 23.3 Å². The Labute approximate surface area is 175 Å². The van der Waals surface area contributed by atoms with Crippen LogP contribution in [0.5, 0.6) is 0 Å². The molecule has 1 aliphatic heterocycles. The van der Waals surface area contributed by atoms with E-state index < -0.39 is 35.0 Å². The number of hydrogen-bond acceptors (Lipinski definition) is 3. The second-order valence-electron chi connectivity index (χ2n) is 7.40. The van der Waals surface area contributed by atoms with Gasteiger partial charge in [0.15, 0.2) is 11.6 Å². The predicted octanol–water partition coefficient (Wildman–Crippen LogP) is 4.99. The van der Waals surface area contributed by atoms with Gasteiger partial charge in [0.05, 0.1) is 17.2 Å². The van der Waals surface area contributed by atoms with E-state index in [0.717, 1.165) is 24.3 Å². The van der Waals surface area contributed by atoms with Crippen molar-refractivity contribution in [1.82, 2.24) is 4.90 Å². The number of rotatable bonds is 2. The Bertz CT molecular complexity index is 1030. The minimum absolute atomic E-state index is 0.0908. The molecule has 1 N–H and O–H groups in total. The van der Waals surface area contributed by atoms with Gasteiger partial charge in [-0.1, -0.05) is 0 Å². The topological polar surface area (TPSA) is 59.4 Å². The molecule has 0 spiro atoms. The van der Waals surface area contributed by atoms with Gasteiger partial charge in [0.2, 0.25) is 0 Å². The SMILES string of the molecule is C[C@@H]1CN(C(=O)Nc2ccc(F)c(F)c2)[C@@H](C)CN1c1ccc(C#N)c(C(F)(F)F)c1. The molecule has 10 heteroatoms. The van der Waals surface area contributed by atoms with Gasteiger partial charge in [0.25, 0.3) is 0 Å². The number of nitrogens with one attached hydrogen (secondary N) is 1. The monoisotopic (exact) mass is 438 g/mol. The van der Waals surface area contributed by atoms with E-state index in [1.165, 1.54) is 17.0 Å². The molecule has 0 bridgehead atoms. The number of halogens is 5. The minimum atomic E-state index is -4.66. The molecular weight excluding hydrogens is 419 g/mol. The van der Waals surface area contributed by atoms with Crippen LogP contribution in [-0.2, 0) is 6.18 Å². The van der Waals surface area contributed by atoms with E-state index in [0.29, 0.717) is 5.69 Å². The van der Waals surface area contributed by atoms with Crippen LogP contribution >= 0.6 is 0 Å². The number of alkyl halides is 3. The van der Waals surface area contributed by atoms with E-state index in [-0.39, 0.29) is 30.9 Å². The Morgan fingerprint density at radius 3 is 2.39 bits per heavy atom. The number of nitriles is 1. The third-order valence-electron chi connectivity index (χ3n) is 5.18. The van der Waals surface area contributed by atoms with E-state index >= 15 is 0 Å². The van der Waals surface area contributed by atoms with Gasteiger partial charge >= 0.3 is 12.2 Å². The first-order valence-electron chi connectivity index (χ1n) is 9.42. The fraction of sp³-hybridized carbons (Fsp3) is 0.333. The highest BCUT2D eigenvalue weighted by Gasteiger charge is 2.36. The summed E-state index contributed by atoms with van der Waals surface area (Å²) in [5.74, 6) is -2.13. The average Bonchev–Trinajstić information content (AvgIpc) is 2.71. The van der Waals surface area contributed by atoms with Crippen molar-refractivity contribution < 1.29 is 26.7 Å². The third-order valence-corrected chi connectivity index (χ3v) is 5.18. The molecule has 2 atom stereocenters. The fourth-order valence-corrected chi connectivity index (χ4v) is 3.58. The Hall–Kier alpha value is -3.35. The summed E-state index contributed by atoms with van der Waals surface area (Å²) < 4.78 is 66.4. The zero-order chi connectivity index (χ0) is 22.9. The van der Waals surface area contributed by atoms with E-state index in [2.05, 4.69) is 5.32 Å². The van der Waals surface area contributed by atoms with Crippen LogP contribution < -0.4 is 10.2 Å². The first kappa shape index (κ1) is 22.3. The lowest BCUT2D eigenvalue weighted by molar-refractivity contribution is -0.137. The minimum Gasteiger partial charge on any atom is -0.365 e.